The summed E-state index contributed by atoms with van der Waals surface area (Å²) in [6.45, 7) is 6.62. The Kier molecular flexibility index (Phi) is 5.94. The molecule has 2 N–H and O–H groups in total. The van der Waals surface area contributed by atoms with E-state index >= 15 is 0 Å². The Morgan fingerprint density at radius 1 is 1.47 bits per heavy atom. The Hall–Kier alpha value is -0.470. The number of nitrogens with two attached hydrogens (primary N) is 1. The summed E-state index contributed by atoms with van der Waals surface area (Å²) in [6.07, 6.45) is 0. The van der Waals surface area contributed by atoms with Crippen LogP contribution in [0, 0.1) is 6.92 Å². The fourth-order valence-electron chi connectivity index (χ4n) is 1.84. The zero-order chi connectivity index (χ0) is 14.6. The van der Waals surface area contributed by atoms with E-state index in [0.717, 1.165) is 9.75 Å². The minimum atomic E-state index is -3.48. The third-order valence-corrected chi connectivity index (χ3v) is 6.21. The summed E-state index contributed by atoms with van der Waals surface area (Å²) in [5.74, 6) is 0. The maximum Gasteiger partial charge on any atom is 0.244 e. The van der Waals surface area contributed by atoms with E-state index in [1.165, 1.54) is 15.6 Å². The lowest BCUT2D eigenvalue weighted by atomic mass is 10.4. The average molecular weight is 306 g/mol. The third kappa shape index (κ3) is 3.76. The SMILES string of the molecule is COCCN(C(C)C)S(=O)(=O)c1cc(CN)sc1C. The van der Waals surface area contributed by atoms with E-state index in [-0.39, 0.29) is 6.04 Å². The van der Waals surface area contributed by atoms with Crippen LogP contribution in [-0.2, 0) is 21.3 Å². The topological polar surface area (TPSA) is 72.6 Å². The van der Waals surface area contributed by atoms with Crippen molar-refractivity contribution >= 4 is 21.4 Å². The molecule has 0 bridgehead atoms. The van der Waals surface area contributed by atoms with Gasteiger partial charge in [-0.05, 0) is 26.8 Å². The van der Waals surface area contributed by atoms with Crippen molar-refractivity contribution in [1.29, 1.82) is 0 Å². The molecule has 0 aliphatic rings. The van der Waals surface area contributed by atoms with Gasteiger partial charge in [-0.3, -0.25) is 0 Å². The molecule has 0 fully saturated rings. The summed E-state index contributed by atoms with van der Waals surface area (Å²) < 4.78 is 31.8. The minimum Gasteiger partial charge on any atom is -0.383 e. The summed E-state index contributed by atoms with van der Waals surface area (Å²) in [6, 6.07) is 1.57. The van der Waals surface area contributed by atoms with E-state index in [2.05, 4.69) is 0 Å². The zero-order valence-corrected chi connectivity index (χ0v) is 13.5. The van der Waals surface area contributed by atoms with Crippen molar-refractivity contribution in [3.05, 3.63) is 15.8 Å². The van der Waals surface area contributed by atoms with Gasteiger partial charge >= 0.3 is 0 Å². The number of sulfonamides is 1. The van der Waals surface area contributed by atoms with Gasteiger partial charge in [-0.1, -0.05) is 0 Å². The Balaban J connectivity index is 3.14. The number of hydrogen-bond acceptors (Lipinski definition) is 5. The number of aryl methyl sites for hydroxylation is 1. The highest BCUT2D eigenvalue weighted by atomic mass is 32.2. The Bertz CT molecular complexity index is 509. The average Bonchev–Trinajstić information content (AvgIpc) is 2.71. The van der Waals surface area contributed by atoms with Crippen molar-refractivity contribution in [2.75, 3.05) is 20.3 Å². The number of hydrogen-bond donors (Lipinski definition) is 1. The number of methoxy groups -OCH3 is 1. The molecule has 19 heavy (non-hydrogen) atoms. The zero-order valence-electron chi connectivity index (χ0n) is 11.8. The highest BCUT2D eigenvalue weighted by Gasteiger charge is 2.29. The second-order valence-corrected chi connectivity index (χ2v) is 7.74. The molecule has 0 atom stereocenters. The van der Waals surface area contributed by atoms with Crippen LogP contribution in [0.15, 0.2) is 11.0 Å². The van der Waals surface area contributed by atoms with Crippen LogP contribution < -0.4 is 5.73 Å². The van der Waals surface area contributed by atoms with E-state index in [0.29, 0.717) is 24.6 Å². The van der Waals surface area contributed by atoms with Crippen molar-refractivity contribution in [3.63, 3.8) is 0 Å². The summed E-state index contributed by atoms with van der Waals surface area (Å²) in [5, 5.41) is 0. The predicted molar refractivity (Wildman–Crippen MR) is 77.9 cm³/mol. The molecule has 0 amide bonds. The maximum absolute atomic E-state index is 12.7. The van der Waals surface area contributed by atoms with Crippen molar-refractivity contribution < 1.29 is 13.2 Å². The Morgan fingerprint density at radius 3 is 2.53 bits per heavy atom. The first-order valence-corrected chi connectivity index (χ1v) is 8.40. The smallest absolute Gasteiger partial charge is 0.244 e. The van der Waals surface area contributed by atoms with Gasteiger partial charge in [-0.2, -0.15) is 4.31 Å². The number of rotatable bonds is 7. The van der Waals surface area contributed by atoms with Crippen LogP contribution in [-0.4, -0.2) is 39.0 Å². The number of ether oxygens (including phenoxy) is 1. The molecular weight excluding hydrogens is 284 g/mol. The van der Waals surface area contributed by atoms with E-state index in [9.17, 15) is 8.42 Å². The van der Waals surface area contributed by atoms with Crippen LogP contribution in [0.3, 0.4) is 0 Å². The highest BCUT2D eigenvalue weighted by molar-refractivity contribution is 7.89. The third-order valence-electron chi connectivity index (χ3n) is 2.80. The van der Waals surface area contributed by atoms with E-state index in [4.69, 9.17) is 10.5 Å². The lowest BCUT2D eigenvalue weighted by Gasteiger charge is -2.25. The molecule has 0 unspecified atom stereocenters. The Morgan fingerprint density at radius 2 is 2.11 bits per heavy atom. The van der Waals surface area contributed by atoms with E-state index < -0.39 is 10.0 Å². The van der Waals surface area contributed by atoms with Gasteiger partial charge in [0.25, 0.3) is 0 Å². The van der Waals surface area contributed by atoms with Crippen molar-refractivity contribution in [2.45, 2.75) is 38.3 Å². The van der Waals surface area contributed by atoms with Crippen LogP contribution in [0.25, 0.3) is 0 Å². The summed E-state index contributed by atoms with van der Waals surface area (Å²) in [4.78, 5) is 2.03. The van der Waals surface area contributed by atoms with E-state index in [1.54, 1.807) is 13.2 Å². The molecular formula is C12H22N2O3S2. The quantitative estimate of drug-likeness (QED) is 0.830. The Labute approximate surface area is 119 Å². The summed E-state index contributed by atoms with van der Waals surface area (Å²) in [7, 11) is -1.92. The molecule has 0 aliphatic carbocycles. The first-order valence-electron chi connectivity index (χ1n) is 6.14. The fraction of sp³-hybridized carbons (Fsp3) is 0.667. The molecule has 0 saturated carbocycles. The second kappa shape index (κ2) is 6.81. The summed E-state index contributed by atoms with van der Waals surface area (Å²) in [5.41, 5.74) is 5.57. The standard InChI is InChI=1S/C12H22N2O3S2/c1-9(2)14(5-6-17-4)19(15,16)12-7-11(8-13)18-10(12)3/h7,9H,5-6,8,13H2,1-4H3. The molecule has 7 heteroatoms. The molecule has 0 saturated heterocycles. The molecule has 1 aromatic heterocycles. The molecule has 0 radical (unpaired) electrons. The van der Waals surface area contributed by atoms with Gasteiger partial charge in [-0.15, -0.1) is 11.3 Å². The van der Waals surface area contributed by atoms with Crippen molar-refractivity contribution in [1.82, 2.24) is 4.31 Å². The van der Waals surface area contributed by atoms with Gasteiger partial charge in [0, 0.05) is 36.0 Å². The molecule has 1 heterocycles. The van der Waals surface area contributed by atoms with Crippen LogP contribution >= 0.6 is 11.3 Å². The van der Waals surface area contributed by atoms with E-state index in [1.807, 2.05) is 20.8 Å². The number of nitrogens with zero attached hydrogens (tertiary/aromatic N) is 1. The largest absolute Gasteiger partial charge is 0.383 e. The van der Waals surface area contributed by atoms with Gasteiger partial charge in [0.05, 0.1) is 11.5 Å². The van der Waals surface area contributed by atoms with Crippen molar-refractivity contribution in [2.24, 2.45) is 5.73 Å². The molecule has 1 rings (SSSR count). The van der Waals surface area contributed by atoms with Crippen molar-refractivity contribution in [3.8, 4) is 0 Å². The van der Waals surface area contributed by atoms with Gasteiger partial charge < -0.3 is 10.5 Å². The van der Waals surface area contributed by atoms with Gasteiger partial charge in [0.2, 0.25) is 10.0 Å². The van der Waals surface area contributed by atoms with Crippen LogP contribution in [0.1, 0.15) is 23.6 Å². The van der Waals surface area contributed by atoms with Gasteiger partial charge in [0.15, 0.2) is 0 Å². The normalized spacial score (nSPS) is 12.6. The summed E-state index contributed by atoms with van der Waals surface area (Å²) >= 11 is 1.43. The molecule has 110 valence electrons. The lowest BCUT2D eigenvalue weighted by molar-refractivity contribution is 0.171. The fourth-order valence-corrected chi connectivity index (χ4v) is 4.95. The molecule has 5 nitrogen and oxygen atoms in total. The molecule has 0 aliphatic heterocycles. The maximum atomic E-state index is 12.7. The minimum absolute atomic E-state index is 0.110. The predicted octanol–water partition coefficient (Wildman–Crippen LogP) is 1.56. The second-order valence-electron chi connectivity index (χ2n) is 4.54. The van der Waals surface area contributed by atoms with Crippen LogP contribution in [0.2, 0.25) is 0 Å². The van der Waals surface area contributed by atoms with Crippen LogP contribution in [0.5, 0.6) is 0 Å². The van der Waals surface area contributed by atoms with Crippen LogP contribution in [0.4, 0.5) is 0 Å². The first kappa shape index (κ1) is 16.6. The molecule has 1 aromatic rings. The monoisotopic (exact) mass is 306 g/mol. The molecule has 0 aromatic carbocycles. The number of thiophene rings is 1. The highest BCUT2D eigenvalue weighted by Crippen LogP contribution is 2.28. The first-order chi connectivity index (χ1) is 8.84. The molecule has 0 spiro atoms. The van der Waals surface area contributed by atoms with Gasteiger partial charge in [0.1, 0.15) is 0 Å². The lowest BCUT2D eigenvalue weighted by Crippen LogP contribution is -2.39. The van der Waals surface area contributed by atoms with Gasteiger partial charge in [-0.25, -0.2) is 8.42 Å².